The molecule has 2 aromatic heterocycles. The average Bonchev–Trinajstić information content (AvgIpc) is 3.24. The molecule has 1 atom stereocenters. The van der Waals surface area contributed by atoms with E-state index in [4.69, 9.17) is 4.74 Å². The van der Waals surface area contributed by atoms with Gasteiger partial charge in [-0.1, -0.05) is 6.07 Å². The van der Waals surface area contributed by atoms with Crippen LogP contribution in [0.1, 0.15) is 18.5 Å². The molecule has 2 saturated heterocycles. The molecule has 4 rings (SSSR count). The Balaban J connectivity index is 1.33. The van der Waals surface area contributed by atoms with Gasteiger partial charge in [0, 0.05) is 51.7 Å². The molecule has 2 aliphatic heterocycles. The summed E-state index contributed by atoms with van der Waals surface area (Å²) in [5.74, 6) is 0.176. The Kier molecular flexibility index (Phi) is 4.01. The quantitative estimate of drug-likeness (QED) is 0.853. The van der Waals surface area contributed by atoms with Gasteiger partial charge in [-0.15, -0.1) is 0 Å². The van der Waals surface area contributed by atoms with E-state index < -0.39 is 0 Å². The van der Waals surface area contributed by atoms with E-state index in [-0.39, 0.29) is 12.0 Å². The number of carbonyl (C=O) groups excluding carboxylic acids is 1. The molecule has 6 nitrogen and oxygen atoms in total. The van der Waals surface area contributed by atoms with Crippen molar-refractivity contribution in [3.05, 3.63) is 36.3 Å². The van der Waals surface area contributed by atoms with Crippen LogP contribution in [0.5, 0.6) is 0 Å². The number of imidazole rings is 1. The predicted octanol–water partition coefficient (Wildman–Crippen LogP) is 1.16. The number of amides is 1. The van der Waals surface area contributed by atoms with Crippen molar-refractivity contribution >= 4 is 11.6 Å². The minimum Gasteiger partial charge on any atom is -0.368 e. The van der Waals surface area contributed by atoms with Crippen LogP contribution in [0.25, 0.3) is 5.65 Å². The van der Waals surface area contributed by atoms with Gasteiger partial charge in [-0.05, 0) is 25.0 Å². The largest absolute Gasteiger partial charge is 0.368 e. The zero-order valence-electron chi connectivity index (χ0n) is 13.2. The first-order valence-corrected chi connectivity index (χ1v) is 8.35. The van der Waals surface area contributed by atoms with Gasteiger partial charge in [0.15, 0.2) is 0 Å². The molecule has 0 N–H and O–H groups in total. The van der Waals surface area contributed by atoms with E-state index in [0.717, 1.165) is 63.5 Å². The van der Waals surface area contributed by atoms with Crippen molar-refractivity contribution in [3.63, 3.8) is 0 Å². The topological polar surface area (TPSA) is 50.1 Å². The number of aromatic nitrogens is 2. The second-order valence-electron chi connectivity index (χ2n) is 6.30. The lowest BCUT2D eigenvalue weighted by Gasteiger charge is -2.35. The second-order valence-corrected chi connectivity index (χ2v) is 6.30. The zero-order chi connectivity index (χ0) is 15.6. The standard InChI is InChI=1S/C17H22N4O2/c22-17(15-4-3-11-23-15)20-9-7-19(8-10-20)12-14-13-21-6-2-1-5-16(21)18-14/h1-2,5-6,13,15H,3-4,7-12H2. The maximum absolute atomic E-state index is 12.3. The van der Waals surface area contributed by atoms with Gasteiger partial charge in [0.25, 0.3) is 5.91 Å². The normalized spacial score (nSPS) is 22.8. The maximum atomic E-state index is 12.3. The molecule has 0 spiro atoms. The fraction of sp³-hybridized carbons (Fsp3) is 0.529. The van der Waals surface area contributed by atoms with E-state index in [1.165, 1.54) is 0 Å². The second kappa shape index (κ2) is 6.29. The zero-order valence-corrected chi connectivity index (χ0v) is 13.2. The van der Waals surface area contributed by atoms with Crippen LogP contribution in [0.2, 0.25) is 0 Å². The summed E-state index contributed by atoms with van der Waals surface area (Å²) in [4.78, 5) is 21.3. The highest BCUT2D eigenvalue weighted by Crippen LogP contribution is 2.16. The van der Waals surface area contributed by atoms with Crippen molar-refractivity contribution in [3.8, 4) is 0 Å². The van der Waals surface area contributed by atoms with Crippen molar-refractivity contribution in [1.82, 2.24) is 19.2 Å². The number of ether oxygens (including phenoxy) is 1. The molecule has 0 saturated carbocycles. The van der Waals surface area contributed by atoms with Gasteiger partial charge in [-0.3, -0.25) is 9.69 Å². The molecule has 0 radical (unpaired) electrons. The molecule has 2 aliphatic rings. The van der Waals surface area contributed by atoms with E-state index in [1.54, 1.807) is 0 Å². The molecule has 0 aromatic carbocycles. The van der Waals surface area contributed by atoms with E-state index in [1.807, 2.05) is 33.7 Å². The van der Waals surface area contributed by atoms with Crippen LogP contribution in [0, 0.1) is 0 Å². The lowest BCUT2D eigenvalue weighted by molar-refractivity contribution is -0.142. The number of pyridine rings is 1. The SMILES string of the molecule is O=C(C1CCCO1)N1CCN(Cc2cn3ccccc3n2)CC1. The van der Waals surface area contributed by atoms with E-state index in [0.29, 0.717) is 0 Å². The van der Waals surface area contributed by atoms with Crippen molar-refractivity contribution in [2.24, 2.45) is 0 Å². The highest BCUT2D eigenvalue weighted by Gasteiger charge is 2.30. The monoisotopic (exact) mass is 314 g/mol. The van der Waals surface area contributed by atoms with Crippen LogP contribution in [-0.4, -0.2) is 64.0 Å². The number of piperazine rings is 1. The fourth-order valence-electron chi connectivity index (χ4n) is 3.39. The number of fused-ring (bicyclic) bond motifs is 1. The minimum atomic E-state index is -0.194. The lowest BCUT2D eigenvalue weighted by Crippen LogP contribution is -2.51. The van der Waals surface area contributed by atoms with Crippen LogP contribution >= 0.6 is 0 Å². The van der Waals surface area contributed by atoms with Crippen LogP contribution in [0.3, 0.4) is 0 Å². The Morgan fingerprint density at radius 2 is 2.13 bits per heavy atom. The summed E-state index contributed by atoms with van der Waals surface area (Å²) < 4.78 is 7.55. The minimum absolute atomic E-state index is 0.176. The molecule has 23 heavy (non-hydrogen) atoms. The van der Waals surface area contributed by atoms with Crippen LogP contribution in [-0.2, 0) is 16.1 Å². The first-order valence-electron chi connectivity index (χ1n) is 8.35. The highest BCUT2D eigenvalue weighted by atomic mass is 16.5. The highest BCUT2D eigenvalue weighted by molar-refractivity contribution is 5.81. The molecular formula is C17H22N4O2. The summed E-state index contributed by atoms with van der Waals surface area (Å²) in [5.41, 5.74) is 2.06. The Bertz CT molecular complexity index is 652. The molecule has 1 amide bonds. The van der Waals surface area contributed by atoms with Crippen LogP contribution in [0.15, 0.2) is 30.6 Å². The summed E-state index contributed by atoms with van der Waals surface area (Å²) in [6.07, 6.45) is 5.79. The van der Waals surface area contributed by atoms with Crippen LogP contribution in [0.4, 0.5) is 0 Å². The van der Waals surface area contributed by atoms with Crippen molar-refractivity contribution < 1.29 is 9.53 Å². The van der Waals surface area contributed by atoms with Crippen molar-refractivity contribution in [2.45, 2.75) is 25.5 Å². The first-order chi connectivity index (χ1) is 11.3. The summed E-state index contributed by atoms with van der Waals surface area (Å²) >= 11 is 0. The van der Waals surface area contributed by atoms with Gasteiger partial charge in [-0.25, -0.2) is 4.98 Å². The number of rotatable bonds is 3. The molecule has 0 bridgehead atoms. The Morgan fingerprint density at radius 3 is 2.87 bits per heavy atom. The molecule has 2 aromatic rings. The predicted molar refractivity (Wildman–Crippen MR) is 86.0 cm³/mol. The van der Waals surface area contributed by atoms with E-state index >= 15 is 0 Å². The van der Waals surface area contributed by atoms with Gasteiger partial charge in [0.2, 0.25) is 0 Å². The maximum Gasteiger partial charge on any atom is 0.251 e. The van der Waals surface area contributed by atoms with Gasteiger partial charge in [0.05, 0.1) is 5.69 Å². The van der Waals surface area contributed by atoms with Gasteiger partial charge >= 0.3 is 0 Å². The molecular weight excluding hydrogens is 292 g/mol. The summed E-state index contributed by atoms with van der Waals surface area (Å²) in [6, 6.07) is 6.03. The molecule has 122 valence electrons. The Morgan fingerprint density at radius 1 is 1.26 bits per heavy atom. The average molecular weight is 314 g/mol. The van der Waals surface area contributed by atoms with E-state index in [9.17, 15) is 4.79 Å². The Hall–Kier alpha value is -1.92. The van der Waals surface area contributed by atoms with Gasteiger partial charge in [-0.2, -0.15) is 0 Å². The molecule has 4 heterocycles. The summed E-state index contributed by atoms with van der Waals surface area (Å²) in [5, 5.41) is 0. The fourth-order valence-corrected chi connectivity index (χ4v) is 3.39. The number of nitrogens with zero attached hydrogens (tertiary/aromatic N) is 4. The van der Waals surface area contributed by atoms with Crippen molar-refractivity contribution in [1.29, 1.82) is 0 Å². The third kappa shape index (κ3) is 3.09. The third-order valence-corrected chi connectivity index (χ3v) is 4.69. The number of carbonyl (C=O) groups is 1. The molecule has 6 heteroatoms. The summed E-state index contributed by atoms with van der Waals surface area (Å²) in [6.45, 7) is 4.92. The Labute approximate surface area is 135 Å². The number of hydrogen-bond acceptors (Lipinski definition) is 4. The lowest BCUT2D eigenvalue weighted by atomic mass is 10.2. The third-order valence-electron chi connectivity index (χ3n) is 4.69. The van der Waals surface area contributed by atoms with Crippen molar-refractivity contribution in [2.75, 3.05) is 32.8 Å². The van der Waals surface area contributed by atoms with Crippen LogP contribution < -0.4 is 0 Å². The van der Waals surface area contributed by atoms with Gasteiger partial charge < -0.3 is 14.0 Å². The van der Waals surface area contributed by atoms with Gasteiger partial charge in [0.1, 0.15) is 11.8 Å². The smallest absolute Gasteiger partial charge is 0.251 e. The molecule has 0 aliphatic carbocycles. The molecule has 2 fully saturated rings. The first kappa shape index (κ1) is 14.7. The molecule has 1 unspecified atom stereocenters. The summed E-state index contributed by atoms with van der Waals surface area (Å²) in [7, 11) is 0. The van der Waals surface area contributed by atoms with E-state index in [2.05, 4.69) is 16.1 Å². The number of hydrogen-bond donors (Lipinski definition) is 0.